The van der Waals surface area contributed by atoms with Crippen LogP contribution in [0.4, 0.5) is 4.39 Å². The molecule has 2 aromatic rings. The van der Waals surface area contributed by atoms with E-state index in [1.165, 1.54) is 12.1 Å². The van der Waals surface area contributed by atoms with Gasteiger partial charge in [-0.3, -0.25) is 4.79 Å². The highest BCUT2D eigenvalue weighted by molar-refractivity contribution is 6.31. The van der Waals surface area contributed by atoms with E-state index in [9.17, 15) is 14.3 Å². The first-order valence-corrected chi connectivity index (χ1v) is 6.79. The molecule has 112 valence electrons. The number of hydrogen-bond acceptors (Lipinski definition) is 3. The summed E-state index contributed by atoms with van der Waals surface area (Å²) in [5.74, 6) is -1.51. The molecule has 0 unspecified atom stereocenters. The molecule has 2 aromatic carbocycles. The lowest BCUT2D eigenvalue weighted by atomic mass is 10.1. The van der Waals surface area contributed by atoms with Gasteiger partial charge in [0.2, 0.25) is 0 Å². The van der Waals surface area contributed by atoms with Crippen molar-refractivity contribution in [3.05, 3.63) is 70.5 Å². The maximum atomic E-state index is 13.8. The highest BCUT2D eigenvalue weighted by Gasteiger charge is 2.24. The number of nitriles is 1. The van der Waals surface area contributed by atoms with Crippen LogP contribution in [-0.4, -0.2) is 11.0 Å². The fourth-order valence-electron chi connectivity index (χ4n) is 1.96. The molecular formula is C16H12ClFN2O2. The number of carbonyl (C=O) groups excluding carboxylic acids is 1. The van der Waals surface area contributed by atoms with E-state index in [0.717, 1.165) is 6.07 Å². The quantitative estimate of drug-likeness (QED) is 0.910. The number of carbonyl (C=O) groups is 1. The number of amides is 1. The SMILES string of the molecule is N#C[C@@H](NC(=O)[C@@H](O)c1ccccc1)c1c(F)cccc1Cl. The van der Waals surface area contributed by atoms with Gasteiger partial charge in [-0.15, -0.1) is 0 Å². The van der Waals surface area contributed by atoms with Crippen LogP contribution in [0.3, 0.4) is 0 Å². The predicted octanol–water partition coefficient (Wildman–Crippen LogP) is 2.89. The molecular weight excluding hydrogens is 307 g/mol. The third-order valence-corrected chi connectivity index (χ3v) is 3.40. The van der Waals surface area contributed by atoms with E-state index in [1.54, 1.807) is 36.4 Å². The molecule has 2 atom stereocenters. The van der Waals surface area contributed by atoms with Gasteiger partial charge in [0.15, 0.2) is 6.10 Å². The Balaban J connectivity index is 2.21. The largest absolute Gasteiger partial charge is 0.378 e. The molecule has 0 heterocycles. The van der Waals surface area contributed by atoms with Crippen LogP contribution in [-0.2, 0) is 4.79 Å². The number of aliphatic hydroxyl groups is 1. The van der Waals surface area contributed by atoms with E-state index in [4.69, 9.17) is 16.9 Å². The van der Waals surface area contributed by atoms with Crippen molar-refractivity contribution < 1.29 is 14.3 Å². The molecule has 4 nitrogen and oxygen atoms in total. The van der Waals surface area contributed by atoms with Gasteiger partial charge in [0.05, 0.1) is 6.07 Å². The number of halogens is 2. The molecule has 0 aromatic heterocycles. The summed E-state index contributed by atoms with van der Waals surface area (Å²) in [7, 11) is 0. The van der Waals surface area contributed by atoms with Crippen LogP contribution in [0, 0.1) is 17.1 Å². The van der Waals surface area contributed by atoms with E-state index in [1.807, 2.05) is 0 Å². The summed E-state index contributed by atoms with van der Waals surface area (Å²) in [6, 6.07) is 12.7. The van der Waals surface area contributed by atoms with Crippen LogP contribution in [0.1, 0.15) is 23.3 Å². The summed E-state index contributed by atoms with van der Waals surface area (Å²) in [5, 5.41) is 21.4. The third-order valence-electron chi connectivity index (χ3n) is 3.07. The molecule has 0 saturated heterocycles. The van der Waals surface area contributed by atoms with Crippen molar-refractivity contribution in [3.63, 3.8) is 0 Å². The first-order valence-electron chi connectivity index (χ1n) is 6.41. The average molecular weight is 319 g/mol. The van der Waals surface area contributed by atoms with Crippen molar-refractivity contribution in [1.29, 1.82) is 5.26 Å². The van der Waals surface area contributed by atoms with E-state index < -0.39 is 23.9 Å². The minimum atomic E-state index is -1.46. The number of rotatable bonds is 4. The monoisotopic (exact) mass is 318 g/mol. The van der Waals surface area contributed by atoms with Gasteiger partial charge in [0, 0.05) is 10.6 Å². The van der Waals surface area contributed by atoms with Gasteiger partial charge in [-0.05, 0) is 17.7 Å². The fourth-order valence-corrected chi connectivity index (χ4v) is 2.24. The Morgan fingerprint density at radius 2 is 1.91 bits per heavy atom. The summed E-state index contributed by atoms with van der Waals surface area (Å²) >= 11 is 5.88. The van der Waals surface area contributed by atoms with Gasteiger partial charge in [0.1, 0.15) is 11.9 Å². The van der Waals surface area contributed by atoms with Crippen LogP contribution in [0.5, 0.6) is 0 Å². The minimum Gasteiger partial charge on any atom is -0.378 e. The van der Waals surface area contributed by atoms with Crippen molar-refractivity contribution in [1.82, 2.24) is 5.32 Å². The average Bonchev–Trinajstić information content (AvgIpc) is 2.53. The predicted molar refractivity (Wildman–Crippen MR) is 79.3 cm³/mol. The Morgan fingerprint density at radius 1 is 1.23 bits per heavy atom. The van der Waals surface area contributed by atoms with Gasteiger partial charge in [-0.1, -0.05) is 48.0 Å². The van der Waals surface area contributed by atoms with Crippen LogP contribution in [0.25, 0.3) is 0 Å². The zero-order valence-corrected chi connectivity index (χ0v) is 12.1. The first kappa shape index (κ1) is 16.0. The fraction of sp³-hybridized carbons (Fsp3) is 0.125. The molecule has 2 rings (SSSR count). The smallest absolute Gasteiger partial charge is 0.254 e. The Morgan fingerprint density at radius 3 is 2.50 bits per heavy atom. The molecule has 0 fully saturated rings. The number of nitrogens with one attached hydrogen (secondary N) is 1. The van der Waals surface area contributed by atoms with Gasteiger partial charge >= 0.3 is 0 Å². The van der Waals surface area contributed by atoms with Gasteiger partial charge in [-0.2, -0.15) is 5.26 Å². The molecule has 0 saturated carbocycles. The first-order chi connectivity index (χ1) is 10.5. The maximum Gasteiger partial charge on any atom is 0.254 e. The van der Waals surface area contributed by atoms with Crippen molar-refractivity contribution in [2.45, 2.75) is 12.1 Å². The van der Waals surface area contributed by atoms with Crippen molar-refractivity contribution >= 4 is 17.5 Å². The summed E-state index contributed by atoms with van der Waals surface area (Å²) in [6.45, 7) is 0. The summed E-state index contributed by atoms with van der Waals surface area (Å²) in [5.41, 5.74) is 0.247. The third kappa shape index (κ3) is 3.42. The second-order valence-electron chi connectivity index (χ2n) is 4.52. The number of hydrogen-bond donors (Lipinski definition) is 2. The Labute approximate surface area is 131 Å². The molecule has 0 bridgehead atoms. The lowest BCUT2D eigenvalue weighted by molar-refractivity contribution is -0.130. The van der Waals surface area contributed by atoms with Crippen molar-refractivity contribution in [2.24, 2.45) is 0 Å². The van der Waals surface area contributed by atoms with E-state index in [-0.39, 0.29) is 10.6 Å². The van der Waals surface area contributed by atoms with E-state index in [2.05, 4.69) is 5.32 Å². The van der Waals surface area contributed by atoms with E-state index in [0.29, 0.717) is 5.56 Å². The molecule has 2 N–H and O–H groups in total. The highest BCUT2D eigenvalue weighted by Crippen LogP contribution is 2.26. The second-order valence-corrected chi connectivity index (χ2v) is 4.93. The molecule has 0 radical (unpaired) electrons. The highest BCUT2D eigenvalue weighted by atomic mass is 35.5. The molecule has 22 heavy (non-hydrogen) atoms. The van der Waals surface area contributed by atoms with Crippen LogP contribution < -0.4 is 5.32 Å². The number of aliphatic hydroxyl groups excluding tert-OH is 1. The van der Waals surface area contributed by atoms with Crippen molar-refractivity contribution in [2.75, 3.05) is 0 Å². The second kappa shape index (κ2) is 7.03. The molecule has 0 aliphatic heterocycles. The standard InChI is InChI=1S/C16H12ClFN2O2/c17-11-7-4-8-12(18)14(11)13(9-19)20-16(22)15(21)10-5-2-1-3-6-10/h1-8,13,15,21H,(H,20,22)/t13-,15+/m1/s1. The zero-order chi connectivity index (χ0) is 16.1. The summed E-state index contributed by atoms with van der Waals surface area (Å²) in [6.07, 6.45) is -1.46. The molecule has 0 aliphatic rings. The Bertz CT molecular complexity index is 696. The van der Waals surface area contributed by atoms with Crippen LogP contribution >= 0.6 is 11.6 Å². The lowest BCUT2D eigenvalue weighted by Crippen LogP contribution is -2.32. The number of nitrogens with zero attached hydrogens (tertiary/aromatic N) is 1. The normalized spacial score (nSPS) is 13.0. The van der Waals surface area contributed by atoms with E-state index >= 15 is 0 Å². The van der Waals surface area contributed by atoms with Gasteiger partial charge in [0.25, 0.3) is 5.91 Å². The maximum absolute atomic E-state index is 13.8. The lowest BCUT2D eigenvalue weighted by Gasteiger charge is -2.17. The Hall–Kier alpha value is -2.42. The molecule has 1 amide bonds. The topological polar surface area (TPSA) is 73.1 Å². The summed E-state index contributed by atoms with van der Waals surface area (Å²) < 4.78 is 13.8. The molecule has 0 spiro atoms. The number of benzene rings is 2. The van der Waals surface area contributed by atoms with Gasteiger partial charge in [-0.25, -0.2) is 4.39 Å². The molecule has 6 heteroatoms. The van der Waals surface area contributed by atoms with Crippen molar-refractivity contribution in [3.8, 4) is 6.07 Å². The van der Waals surface area contributed by atoms with Crippen LogP contribution in [0.2, 0.25) is 5.02 Å². The zero-order valence-electron chi connectivity index (χ0n) is 11.3. The Kier molecular flexibility index (Phi) is 5.10. The molecule has 0 aliphatic carbocycles. The summed E-state index contributed by atoms with van der Waals surface area (Å²) in [4.78, 5) is 12.0. The minimum absolute atomic E-state index is 0.0288. The van der Waals surface area contributed by atoms with Gasteiger partial charge < -0.3 is 10.4 Å². The van der Waals surface area contributed by atoms with Crippen LogP contribution in [0.15, 0.2) is 48.5 Å².